The van der Waals surface area contributed by atoms with Crippen LogP contribution in [0.3, 0.4) is 0 Å². The van der Waals surface area contributed by atoms with Crippen molar-refractivity contribution < 1.29 is 9.13 Å². The van der Waals surface area contributed by atoms with Gasteiger partial charge in [-0.1, -0.05) is 6.07 Å². The largest absolute Gasteiger partial charge is 0.489 e. The summed E-state index contributed by atoms with van der Waals surface area (Å²) in [6.07, 6.45) is 0.810. The molecule has 1 heterocycles. The number of halogens is 1. The van der Waals surface area contributed by atoms with Gasteiger partial charge >= 0.3 is 0 Å². The molecule has 15 heavy (non-hydrogen) atoms. The molecule has 0 spiro atoms. The summed E-state index contributed by atoms with van der Waals surface area (Å²) < 4.78 is 19.1. The van der Waals surface area contributed by atoms with Gasteiger partial charge in [0.1, 0.15) is 23.9 Å². The highest BCUT2D eigenvalue weighted by atomic mass is 19.1. The molecule has 1 aromatic carbocycles. The topological polar surface area (TPSA) is 38.5 Å². The van der Waals surface area contributed by atoms with E-state index in [1.165, 1.54) is 6.07 Å². The number of benzene rings is 1. The molecule has 1 aliphatic rings. The van der Waals surface area contributed by atoms with Crippen LogP contribution in [-0.4, -0.2) is 26.2 Å². The van der Waals surface area contributed by atoms with E-state index in [1.54, 1.807) is 12.1 Å². The Balaban J connectivity index is 2.32. The second-order valence-corrected chi connectivity index (χ2v) is 3.74. The van der Waals surface area contributed by atoms with Crippen molar-refractivity contribution >= 4 is 5.69 Å². The molecule has 1 atom stereocenters. The van der Waals surface area contributed by atoms with Crippen LogP contribution in [0.5, 0.6) is 5.75 Å². The Bertz CT molecular complexity index is 356. The first-order valence-electron chi connectivity index (χ1n) is 5.08. The van der Waals surface area contributed by atoms with E-state index in [2.05, 4.69) is 0 Å². The zero-order chi connectivity index (χ0) is 10.8. The summed E-state index contributed by atoms with van der Waals surface area (Å²) in [5, 5.41) is 0. The number of para-hydroxylation sites is 1. The number of nitrogens with two attached hydrogens (primary N) is 1. The number of nitrogens with zero attached hydrogens (tertiary/aromatic N) is 1. The first-order chi connectivity index (χ1) is 7.24. The molecule has 2 rings (SSSR count). The van der Waals surface area contributed by atoms with Crippen LogP contribution < -0.4 is 15.4 Å². The second kappa shape index (κ2) is 4.06. The van der Waals surface area contributed by atoms with E-state index in [-0.39, 0.29) is 11.9 Å². The summed E-state index contributed by atoms with van der Waals surface area (Å²) in [6.45, 7) is 1.16. The molecule has 0 radical (unpaired) electrons. The maximum absolute atomic E-state index is 13.6. The van der Waals surface area contributed by atoms with Crippen molar-refractivity contribution in [3.8, 4) is 5.75 Å². The van der Waals surface area contributed by atoms with E-state index in [4.69, 9.17) is 10.5 Å². The standard InChI is InChI=1S/C11H15FN2O/c1-14-8(5-6-13)7-15-10-4-2-3-9(12)11(10)14/h2-4,8H,5-7,13H2,1H3. The summed E-state index contributed by atoms with van der Waals surface area (Å²) in [6, 6.07) is 5.06. The molecular weight excluding hydrogens is 195 g/mol. The minimum Gasteiger partial charge on any atom is -0.489 e. The van der Waals surface area contributed by atoms with Crippen LogP contribution in [0.25, 0.3) is 0 Å². The summed E-state index contributed by atoms with van der Waals surface area (Å²) in [4.78, 5) is 1.92. The van der Waals surface area contributed by atoms with Crippen molar-refractivity contribution in [2.24, 2.45) is 5.73 Å². The maximum atomic E-state index is 13.6. The van der Waals surface area contributed by atoms with E-state index in [9.17, 15) is 4.39 Å². The summed E-state index contributed by atoms with van der Waals surface area (Å²) in [5.74, 6) is 0.377. The van der Waals surface area contributed by atoms with Crippen molar-refractivity contribution in [2.75, 3.05) is 25.1 Å². The van der Waals surface area contributed by atoms with Gasteiger partial charge in [0.05, 0.1) is 6.04 Å². The fourth-order valence-electron chi connectivity index (χ4n) is 1.90. The fourth-order valence-corrected chi connectivity index (χ4v) is 1.90. The van der Waals surface area contributed by atoms with E-state index >= 15 is 0 Å². The number of rotatable bonds is 2. The highest BCUT2D eigenvalue weighted by Crippen LogP contribution is 2.35. The molecule has 0 fully saturated rings. The number of anilines is 1. The zero-order valence-electron chi connectivity index (χ0n) is 8.74. The van der Waals surface area contributed by atoms with Gasteiger partial charge in [0.25, 0.3) is 0 Å². The first-order valence-corrected chi connectivity index (χ1v) is 5.08. The zero-order valence-corrected chi connectivity index (χ0v) is 8.74. The number of likely N-dealkylation sites (N-methyl/N-ethyl adjacent to an activating group) is 1. The molecule has 0 bridgehead atoms. The molecule has 1 unspecified atom stereocenters. The van der Waals surface area contributed by atoms with E-state index in [1.807, 2.05) is 11.9 Å². The minimum absolute atomic E-state index is 0.166. The van der Waals surface area contributed by atoms with Crippen molar-refractivity contribution in [1.29, 1.82) is 0 Å². The Morgan fingerprint density at radius 3 is 3.13 bits per heavy atom. The van der Waals surface area contributed by atoms with Crippen LogP contribution in [0, 0.1) is 5.82 Å². The Labute approximate surface area is 88.6 Å². The van der Waals surface area contributed by atoms with Crippen molar-refractivity contribution in [3.05, 3.63) is 24.0 Å². The maximum Gasteiger partial charge on any atom is 0.150 e. The van der Waals surface area contributed by atoms with Crippen LogP contribution in [0.1, 0.15) is 6.42 Å². The van der Waals surface area contributed by atoms with Crippen LogP contribution in [0.4, 0.5) is 10.1 Å². The lowest BCUT2D eigenvalue weighted by atomic mass is 10.1. The van der Waals surface area contributed by atoms with Gasteiger partial charge in [0, 0.05) is 7.05 Å². The van der Waals surface area contributed by atoms with Gasteiger partial charge < -0.3 is 15.4 Å². The van der Waals surface area contributed by atoms with E-state index in [0.29, 0.717) is 24.6 Å². The molecular formula is C11H15FN2O. The highest BCUT2D eigenvalue weighted by molar-refractivity contribution is 5.61. The molecule has 4 heteroatoms. The fraction of sp³-hybridized carbons (Fsp3) is 0.455. The molecule has 0 saturated heterocycles. The molecule has 3 nitrogen and oxygen atoms in total. The van der Waals surface area contributed by atoms with Gasteiger partial charge in [-0.25, -0.2) is 4.39 Å². The quantitative estimate of drug-likeness (QED) is 0.801. The normalized spacial score (nSPS) is 19.7. The summed E-state index contributed by atoms with van der Waals surface area (Å²) >= 11 is 0. The number of ether oxygens (including phenoxy) is 1. The lowest BCUT2D eigenvalue weighted by Crippen LogP contribution is -2.42. The molecule has 0 saturated carbocycles. The average Bonchev–Trinajstić information content (AvgIpc) is 2.22. The Morgan fingerprint density at radius 1 is 1.60 bits per heavy atom. The smallest absolute Gasteiger partial charge is 0.150 e. The van der Waals surface area contributed by atoms with Crippen LogP contribution >= 0.6 is 0 Å². The number of hydrogen-bond acceptors (Lipinski definition) is 3. The molecule has 0 amide bonds. The number of fused-ring (bicyclic) bond motifs is 1. The van der Waals surface area contributed by atoms with Gasteiger partial charge in [0.15, 0.2) is 0 Å². The second-order valence-electron chi connectivity index (χ2n) is 3.74. The van der Waals surface area contributed by atoms with E-state index in [0.717, 1.165) is 6.42 Å². The molecule has 1 aliphatic heterocycles. The van der Waals surface area contributed by atoms with Gasteiger partial charge in [-0.05, 0) is 25.1 Å². The van der Waals surface area contributed by atoms with Crippen molar-refractivity contribution in [3.63, 3.8) is 0 Å². The molecule has 2 N–H and O–H groups in total. The Kier molecular flexibility index (Phi) is 2.77. The molecule has 1 aromatic rings. The third kappa shape index (κ3) is 1.77. The van der Waals surface area contributed by atoms with Crippen LogP contribution in [0.15, 0.2) is 18.2 Å². The van der Waals surface area contributed by atoms with Gasteiger partial charge in [-0.15, -0.1) is 0 Å². The monoisotopic (exact) mass is 210 g/mol. The van der Waals surface area contributed by atoms with Crippen molar-refractivity contribution in [1.82, 2.24) is 0 Å². The predicted molar refractivity (Wildman–Crippen MR) is 57.8 cm³/mol. The molecule has 82 valence electrons. The SMILES string of the molecule is CN1c2c(F)cccc2OCC1CCN. The van der Waals surface area contributed by atoms with Crippen LogP contribution in [-0.2, 0) is 0 Å². The first kappa shape index (κ1) is 10.2. The lowest BCUT2D eigenvalue weighted by Gasteiger charge is -2.35. The third-order valence-electron chi connectivity index (χ3n) is 2.78. The van der Waals surface area contributed by atoms with Gasteiger partial charge in [-0.3, -0.25) is 0 Å². The predicted octanol–water partition coefficient (Wildman–Crippen LogP) is 1.37. The average molecular weight is 210 g/mol. The number of hydrogen-bond donors (Lipinski definition) is 1. The molecule has 0 aliphatic carbocycles. The van der Waals surface area contributed by atoms with Crippen LogP contribution in [0.2, 0.25) is 0 Å². The Hall–Kier alpha value is -1.29. The van der Waals surface area contributed by atoms with Gasteiger partial charge in [0.2, 0.25) is 0 Å². The van der Waals surface area contributed by atoms with Crippen molar-refractivity contribution in [2.45, 2.75) is 12.5 Å². The third-order valence-corrected chi connectivity index (χ3v) is 2.78. The lowest BCUT2D eigenvalue weighted by molar-refractivity contribution is 0.258. The summed E-state index contributed by atoms with van der Waals surface area (Å²) in [5.41, 5.74) is 6.05. The molecule has 0 aromatic heterocycles. The van der Waals surface area contributed by atoms with Gasteiger partial charge in [-0.2, -0.15) is 0 Å². The minimum atomic E-state index is -0.239. The highest BCUT2D eigenvalue weighted by Gasteiger charge is 2.26. The Morgan fingerprint density at radius 2 is 2.40 bits per heavy atom. The van der Waals surface area contributed by atoms with E-state index < -0.39 is 0 Å². The summed E-state index contributed by atoms with van der Waals surface area (Å²) in [7, 11) is 1.88.